The molecular weight excluding hydrogens is 299 g/mol. The molecule has 1 heterocycles. The molecule has 0 aliphatic carbocycles. The first kappa shape index (κ1) is 14.1. The predicted octanol–water partition coefficient (Wildman–Crippen LogP) is 4.21. The van der Waals surface area contributed by atoms with Crippen molar-refractivity contribution in [3.05, 3.63) is 41.0 Å². The molecule has 1 aromatic heterocycles. The third-order valence-corrected chi connectivity index (χ3v) is 3.33. The molecule has 0 atom stereocenters. The van der Waals surface area contributed by atoms with Crippen molar-refractivity contribution in [1.82, 2.24) is 9.78 Å². The summed E-state index contributed by atoms with van der Waals surface area (Å²) in [4.78, 5) is 0. The minimum atomic E-state index is -4.39. The molecule has 0 unspecified atom stereocenters. The largest absolute Gasteiger partial charge is 0.416 e. The number of benzene rings is 1. The van der Waals surface area contributed by atoms with Gasteiger partial charge in [-0.2, -0.15) is 18.3 Å². The fourth-order valence-electron chi connectivity index (χ4n) is 1.34. The van der Waals surface area contributed by atoms with E-state index in [-0.39, 0.29) is 10.7 Å². The summed E-state index contributed by atoms with van der Waals surface area (Å²) in [5, 5.41) is 4.93. The number of anilines is 1. The number of aryl methyl sites for hydroxylation is 1. The Morgan fingerprint density at radius 2 is 2.05 bits per heavy atom. The predicted molar refractivity (Wildman–Crippen MR) is 69.1 cm³/mol. The third kappa shape index (κ3) is 3.57. The van der Waals surface area contributed by atoms with Crippen LogP contribution in [0.2, 0.25) is 5.02 Å². The van der Waals surface area contributed by atoms with Crippen LogP contribution in [0.25, 0.3) is 0 Å². The van der Waals surface area contributed by atoms with Gasteiger partial charge in [0.05, 0.1) is 16.3 Å². The van der Waals surface area contributed by atoms with E-state index in [1.807, 2.05) is 0 Å². The Bertz CT molecular complexity index is 583. The van der Waals surface area contributed by atoms with Crippen LogP contribution in [-0.2, 0) is 13.2 Å². The molecule has 2 aromatic rings. The van der Waals surface area contributed by atoms with E-state index in [4.69, 9.17) is 11.6 Å². The molecule has 0 radical (unpaired) electrons. The van der Waals surface area contributed by atoms with Gasteiger partial charge in [-0.3, -0.25) is 4.68 Å². The summed E-state index contributed by atoms with van der Waals surface area (Å²) in [5.74, 6) is 0. The van der Waals surface area contributed by atoms with Gasteiger partial charge in [0.15, 0.2) is 0 Å². The van der Waals surface area contributed by atoms with E-state index in [0.717, 1.165) is 24.1 Å². The summed E-state index contributed by atoms with van der Waals surface area (Å²) < 4.78 is 42.1. The summed E-state index contributed by atoms with van der Waals surface area (Å²) in [7, 11) is 1.75. The van der Waals surface area contributed by atoms with E-state index in [9.17, 15) is 13.2 Å². The number of nitrogens with zero attached hydrogens (tertiary/aromatic N) is 2. The topological polar surface area (TPSA) is 29.9 Å². The van der Waals surface area contributed by atoms with Gasteiger partial charge in [-0.05, 0) is 24.3 Å². The number of aromatic nitrogens is 2. The van der Waals surface area contributed by atoms with Crippen molar-refractivity contribution >= 4 is 29.2 Å². The fraction of sp³-hybridized carbons (Fsp3) is 0.182. The van der Waals surface area contributed by atoms with Crippen LogP contribution in [0.4, 0.5) is 18.9 Å². The lowest BCUT2D eigenvalue weighted by Crippen LogP contribution is -2.05. The lowest BCUT2D eigenvalue weighted by molar-refractivity contribution is -0.137. The Kier molecular flexibility index (Phi) is 3.96. The zero-order valence-electron chi connectivity index (χ0n) is 9.70. The van der Waals surface area contributed by atoms with Gasteiger partial charge in [0, 0.05) is 25.2 Å². The van der Waals surface area contributed by atoms with Crippen molar-refractivity contribution in [3.63, 3.8) is 0 Å². The van der Waals surface area contributed by atoms with Crippen LogP contribution in [0.3, 0.4) is 0 Å². The van der Waals surface area contributed by atoms with Crippen LogP contribution in [0.5, 0.6) is 0 Å². The van der Waals surface area contributed by atoms with Crippen LogP contribution >= 0.6 is 23.5 Å². The molecule has 8 heteroatoms. The van der Waals surface area contributed by atoms with Crippen LogP contribution in [0, 0.1) is 0 Å². The van der Waals surface area contributed by atoms with Crippen molar-refractivity contribution in [2.45, 2.75) is 11.2 Å². The second-order valence-electron chi connectivity index (χ2n) is 3.72. The molecule has 0 aliphatic rings. The third-order valence-electron chi connectivity index (χ3n) is 2.25. The molecule has 0 amide bonds. The highest BCUT2D eigenvalue weighted by molar-refractivity contribution is 8.00. The smallest absolute Gasteiger partial charge is 0.323 e. The minimum absolute atomic E-state index is 0.201. The number of rotatable bonds is 3. The summed E-state index contributed by atoms with van der Waals surface area (Å²) in [6.45, 7) is 0. The molecule has 102 valence electrons. The number of alkyl halides is 3. The molecule has 0 spiro atoms. The van der Waals surface area contributed by atoms with Gasteiger partial charge < -0.3 is 4.72 Å². The second-order valence-corrected chi connectivity index (χ2v) is 4.96. The maximum Gasteiger partial charge on any atom is 0.416 e. The zero-order chi connectivity index (χ0) is 14.0. The lowest BCUT2D eigenvalue weighted by Gasteiger charge is -2.11. The maximum atomic E-state index is 12.6. The second kappa shape index (κ2) is 5.34. The first-order chi connectivity index (χ1) is 8.86. The van der Waals surface area contributed by atoms with E-state index in [1.165, 1.54) is 6.07 Å². The van der Waals surface area contributed by atoms with Crippen LogP contribution in [0.15, 0.2) is 35.5 Å². The SMILES string of the molecule is Cn1ccc(SNc2cc(C(F)(F)F)ccc2Cl)n1. The molecule has 19 heavy (non-hydrogen) atoms. The Morgan fingerprint density at radius 3 is 2.63 bits per heavy atom. The normalized spacial score (nSPS) is 11.6. The molecule has 1 N–H and O–H groups in total. The van der Waals surface area contributed by atoms with Crippen molar-refractivity contribution < 1.29 is 13.2 Å². The number of hydrogen-bond donors (Lipinski definition) is 1. The van der Waals surface area contributed by atoms with Gasteiger partial charge in [0.25, 0.3) is 0 Å². The number of halogens is 4. The van der Waals surface area contributed by atoms with Crippen LogP contribution < -0.4 is 4.72 Å². The summed E-state index contributed by atoms with van der Waals surface area (Å²) >= 11 is 6.94. The fourth-order valence-corrected chi connectivity index (χ4v) is 2.24. The van der Waals surface area contributed by atoms with E-state index >= 15 is 0 Å². The Balaban J connectivity index is 2.15. The van der Waals surface area contributed by atoms with E-state index in [0.29, 0.717) is 5.03 Å². The van der Waals surface area contributed by atoms with E-state index in [2.05, 4.69) is 9.82 Å². The summed E-state index contributed by atoms with van der Waals surface area (Å²) in [6.07, 6.45) is -2.66. The molecule has 2 rings (SSSR count). The van der Waals surface area contributed by atoms with Gasteiger partial charge in [-0.15, -0.1) is 0 Å². The molecule has 1 aromatic carbocycles. The Morgan fingerprint density at radius 1 is 1.32 bits per heavy atom. The Hall–Kier alpha value is -1.34. The van der Waals surface area contributed by atoms with Gasteiger partial charge in [-0.1, -0.05) is 11.6 Å². The highest BCUT2D eigenvalue weighted by Crippen LogP contribution is 2.35. The number of nitrogens with one attached hydrogen (secondary N) is 1. The Labute approximate surface area is 116 Å². The highest BCUT2D eigenvalue weighted by atomic mass is 35.5. The molecule has 3 nitrogen and oxygen atoms in total. The van der Waals surface area contributed by atoms with Crippen molar-refractivity contribution in [1.29, 1.82) is 0 Å². The number of hydrogen-bond acceptors (Lipinski definition) is 3. The highest BCUT2D eigenvalue weighted by Gasteiger charge is 2.30. The molecule has 0 aliphatic heterocycles. The first-order valence-corrected chi connectivity index (χ1v) is 6.35. The van der Waals surface area contributed by atoms with Gasteiger partial charge in [-0.25, -0.2) is 0 Å². The quantitative estimate of drug-likeness (QED) is 0.861. The molecule has 0 bridgehead atoms. The van der Waals surface area contributed by atoms with E-state index < -0.39 is 11.7 Å². The van der Waals surface area contributed by atoms with Crippen LogP contribution in [0.1, 0.15) is 5.56 Å². The molecular formula is C11H9ClF3N3S. The van der Waals surface area contributed by atoms with Crippen molar-refractivity contribution in [3.8, 4) is 0 Å². The summed E-state index contributed by atoms with van der Waals surface area (Å²) in [6, 6.07) is 4.86. The first-order valence-electron chi connectivity index (χ1n) is 5.15. The maximum absolute atomic E-state index is 12.6. The average molecular weight is 308 g/mol. The summed E-state index contributed by atoms with van der Waals surface area (Å²) in [5.41, 5.74) is -0.548. The lowest BCUT2D eigenvalue weighted by atomic mass is 10.2. The molecule has 0 saturated heterocycles. The van der Waals surface area contributed by atoms with Gasteiger partial charge in [0.2, 0.25) is 0 Å². The zero-order valence-corrected chi connectivity index (χ0v) is 11.3. The van der Waals surface area contributed by atoms with Gasteiger partial charge >= 0.3 is 6.18 Å². The van der Waals surface area contributed by atoms with E-state index in [1.54, 1.807) is 24.0 Å². The van der Waals surface area contributed by atoms with Gasteiger partial charge in [0.1, 0.15) is 5.03 Å². The van der Waals surface area contributed by atoms with Crippen molar-refractivity contribution in [2.75, 3.05) is 4.72 Å². The van der Waals surface area contributed by atoms with Crippen molar-refractivity contribution in [2.24, 2.45) is 7.05 Å². The minimum Gasteiger partial charge on any atom is -0.323 e. The standard InChI is InChI=1S/C11H9ClF3N3S/c1-18-5-4-10(16-18)19-17-9-6-7(11(13,14)15)2-3-8(9)12/h2-6,17H,1H3. The monoisotopic (exact) mass is 307 g/mol. The molecule has 0 saturated carbocycles. The average Bonchev–Trinajstić information content (AvgIpc) is 2.72. The molecule has 0 fully saturated rings. The van der Waals surface area contributed by atoms with Crippen LogP contribution in [-0.4, -0.2) is 9.78 Å².